The minimum absolute atomic E-state index is 0.200. The largest absolute Gasteiger partial charge is 0.361 e. The molecule has 132 valence electrons. The van der Waals surface area contributed by atoms with Crippen LogP contribution in [0.15, 0.2) is 52.2 Å². The summed E-state index contributed by atoms with van der Waals surface area (Å²) in [6.07, 6.45) is 2.61. The Hall–Kier alpha value is -2.16. The van der Waals surface area contributed by atoms with Crippen LogP contribution in [0.4, 0.5) is 0 Å². The van der Waals surface area contributed by atoms with Crippen molar-refractivity contribution in [3.63, 3.8) is 0 Å². The normalized spacial score (nSPS) is 11.9. The highest BCUT2D eigenvalue weighted by molar-refractivity contribution is 7.91. The molecular formula is C17H19N3O3S2. The lowest BCUT2D eigenvalue weighted by Gasteiger charge is -2.15. The molecular weight excluding hydrogens is 358 g/mol. The molecule has 3 rings (SSSR count). The van der Waals surface area contributed by atoms with Crippen LogP contribution in [0.2, 0.25) is 0 Å². The van der Waals surface area contributed by atoms with E-state index in [1.165, 1.54) is 13.1 Å². The van der Waals surface area contributed by atoms with Crippen LogP contribution in [0, 0.1) is 0 Å². The van der Waals surface area contributed by atoms with Gasteiger partial charge in [-0.15, -0.1) is 11.3 Å². The van der Waals surface area contributed by atoms with E-state index in [9.17, 15) is 13.2 Å². The van der Waals surface area contributed by atoms with E-state index in [0.29, 0.717) is 13.0 Å². The number of amides is 1. The number of sulfonamides is 1. The average Bonchev–Trinajstić information content (AvgIpc) is 3.25. The SMILES string of the molecule is CN(CC(=O)NCCc1c[nH]c2ccccc12)S(=O)(=O)c1cccs1. The summed E-state index contributed by atoms with van der Waals surface area (Å²) in [4.78, 5) is 15.2. The number of hydrogen-bond acceptors (Lipinski definition) is 4. The molecule has 1 amide bonds. The van der Waals surface area contributed by atoms with E-state index in [4.69, 9.17) is 0 Å². The minimum Gasteiger partial charge on any atom is -0.361 e. The van der Waals surface area contributed by atoms with Crippen molar-refractivity contribution in [3.8, 4) is 0 Å². The molecule has 0 atom stereocenters. The Kier molecular flexibility index (Phi) is 5.22. The van der Waals surface area contributed by atoms with Crippen LogP contribution in [0.1, 0.15) is 5.56 Å². The van der Waals surface area contributed by atoms with E-state index in [0.717, 1.165) is 32.1 Å². The maximum atomic E-state index is 12.3. The smallest absolute Gasteiger partial charge is 0.252 e. The van der Waals surface area contributed by atoms with Crippen LogP contribution in [-0.4, -0.2) is 43.8 Å². The number of benzene rings is 1. The van der Waals surface area contributed by atoms with Crippen LogP contribution in [-0.2, 0) is 21.2 Å². The molecule has 0 spiro atoms. The number of rotatable bonds is 7. The van der Waals surface area contributed by atoms with Crippen molar-refractivity contribution in [3.05, 3.63) is 53.5 Å². The van der Waals surface area contributed by atoms with Crippen LogP contribution in [0.25, 0.3) is 10.9 Å². The second-order valence-corrected chi connectivity index (χ2v) is 8.87. The van der Waals surface area contributed by atoms with Crippen LogP contribution < -0.4 is 5.32 Å². The third kappa shape index (κ3) is 3.92. The summed E-state index contributed by atoms with van der Waals surface area (Å²) in [7, 11) is -2.19. The number of carbonyl (C=O) groups is 1. The Morgan fingerprint density at radius 1 is 1.24 bits per heavy atom. The van der Waals surface area contributed by atoms with E-state index < -0.39 is 10.0 Å². The highest BCUT2D eigenvalue weighted by Crippen LogP contribution is 2.19. The Bertz CT molecular complexity index is 962. The van der Waals surface area contributed by atoms with Gasteiger partial charge in [0.15, 0.2) is 0 Å². The van der Waals surface area contributed by atoms with Gasteiger partial charge in [-0.25, -0.2) is 8.42 Å². The van der Waals surface area contributed by atoms with Gasteiger partial charge >= 0.3 is 0 Å². The lowest BCUT2D eigenvalue weighted by Crippen LogP contribution is -2.38. The quantitative estimate of drug-likeness (QED) is 0.662. The number of hydrogen-bond donors (Lipinski definition) is 2. The Labute approximate surface area is 150 Å². The van der Waals surface area contributed by atoms with Crippen LogP contribution in [0.3, 0.4) is 0 Å². The molecule has 2 N–H and O–H groups in total. The third-order valence-corrected chi connectivity index (χ3v) is 7.09. The summed E-state index contributed by atoms with van der Waals surface area (Å²) in [5.74, 6) is -0.317. The van der Waals surface area contributed by atoms with Gasteiger partial charge in [0.05, 0.1) is 6.54 Å². The molecule has 6 nitrogen and oxygen atoms in total. The predicted octanol–water partition coefficient (Wildman–Crippen LogP) is 2.21. The monoisotopic (exact) mass is 377 g/mol. The number of nitrogens with zero attached hydrogens (tertiary/aromatic N) is 1. The number of aromatic amines is 1. The fourth-order valence-electron chi connectivity index (χ4n) is 2.58. The molecule has 3 aromatic rings. The van der Waals surface area contributed by atoms with Crippen molar-refractivity contribution >= 4 is 38.2 Å². The summed E-state index contributed by atoms with van der Waals surface area (Å²) in [6, 6.07) is 11.2. The fraction of sp³-hybridized carbons (Fsp3) is 0.235. The number of fused-ring (bicyclic) bond motifs is 1. The molecule has 0 bridgehead atoms. The van der Waals surface area contributed by atoms with Crippen LogP contribution >= 0.6 is 11.3 Å². The number of aromatic nitrogens is 1. The van der Waals surface area contributed by atoms with Gasteiger partial charge in [-0.2, -0.15) is 4.31 Å². The van der Waals surface area contributed by atoms with E-state index in [1.54, 1.807) is 11.4 Å². The Morgan fingerprint density at radius 3 is 2.80 bits per heavy atom. The molecule has 0 aliphatic rings. The topological polar surface area (TPSA) is 82.3 Å². The second kappa shape index (κ2) is 7.38. The van der Waals surface area contributed by atoms with Crippen molar-refractivity contribution in [2.24, 2.45) is 0 Å². The number of H-pyrrole nitrogens is 1. The number of carbonyl (C=O) groups excluding carboxylic acids is 1. The first-order valence-corrected chi connectivity index (χ1v) is 10.1. The minimum atomic E-state index is -3.60. The van der Waals surface area contributed by atoms with Crippen molar-refractivity contribution in [2.75, 3.05) is 20.1 Å². The molecule has 0 aliphatic heterocycles. The lowest BCUT2D eigenvalue weighted by atomic mass is 10.1. The summed E-state index contributed by atoms with van der Waals surface area (Å²) in [6.45, 7) is 0.252. The first kappa shape index (κ1) is 17.7. The number of para-hydroxylation sites is 1. The molecule has 0 saturated carbocycles. The molecule has 2 heterocycles. The van der Waals surface area contributed by atoms with Crippen molar-refractivity contribution in [1.29, 1.82) is 0 Å². The van der Waals surface area contributed by atoms with Gasteiger partial charge in [0.25, 0.3) is 10.0 Å². The van der Waals surface area contributed by atoms with Crippen molar-refractivity contribution in [2.45, 2.75) is 10.6 Å². The summed E-state index contributed by atoms with van der Waals surface area (Å²) < 4.78 is 25.9. The Morgan fingerprint density at radius 2 is 2.04 bits per heavy atom. The number of likely N-dealkylation sites (N-methyl/N-ethyl adjacent to an activating group) is 1. The van der Waals surface area contributed by atoms with E-state index in [2.05, 4.69) is 10.3 Å². The fourth-order valence-corrected chi connectivity index (χ4v) is 4.91. The summed E-state index contributed by atoms with van der Waals surface area (Å²) in [5.41, 5.74) is 2.18. The predicted molar refractivity (Wildman–Crippen MR) is 99.1 cm³/mol. The van der Waals surface area contributed by atoms with Gasteiger partial charge in [0.2, 0.25) is 5.91 Å². The third-order valence-electron chi connectivity index (χ3n) is 3.92. The molecule has 0 saturated heterocycles. The highest BCUT2D eigenvalue weighted by atomic mass is 32.2. The van der Waals surface area contributed by atoms with E-state index in [1.807, 2.05) is 30.5 Å². The van der Waals surface area contributed by atoms with E-state index in [-0.39, 0.29) is 16.7 Å². The molecule has 0 radical (unpaired) electrons. The first-order chi connectivity index (χ1) is 12.0. The maximum Gasteiger partial charge on any atom is 0.252 e. The van der Waals surface area contributed by atoms with E-state index >= 15 is 0 Å². The van der Waals surface area contributed by atoms with Crippen molar-refractivity contribution in [1.82, 2.24) is 14.6 Å². The van der Waals surface area contributed by atoms with Gasteiger partial charge in [-0.1, -0.05) is 24.3 Å². The molecule has 2 aromatic heterocycles. The molecule has 0 unspecified atom stereocenters. The molecule has 0 fully saturated rings. The molecule has 0 aliphatic carbocycles. The maximum absolute atomic E-state index is 12.3. The first-order valence-electron chi connectivity index (χ1n) is 7.80. The van der Waals surface area contributed by atoms with Crippen molar-refractivity contribution < 1.29 is 13.2 Å². The zero-order valence-electron chi connectivity index (χ0n) is 13.7. The van der Waals surface area contributed by atoms with Gasteiger partial charge in [0.1, 0.15) is 4.21 Å². The second-order valence-electron chi connectivity index (χ2n) is 5.65. The van der Waals surface area contributed by atoms with Gasteiger partial charge < -0.3 is 10.3 Å². The standard InChI is InChI=1S/C17H19N3O3S2/c1-20(25(22,23)17-7-4-10-24-17)12-16(21)18-9-8-13-11-19-15-6-3-2-5-14(13)15/h2-7,10-11,19H,8-9,12H2,1H3,(H,18,21). The zero-order chi connectivity index (χ0) is 17.9. The van der Waals surface area contributed by atoms with Gasteiger partial charge in [0, 0.05) is 30.7 Å². The summed E-state index contributed by atoms with van der Waals surface area (Å²) >= 11 is 1.14. The number of thiophene rings is 1. The highest BCUT2D eigenvalue weighted by Gasteiger charge is 2.23. The van der Waals surface area contributed by atoms with Crippen LogP contribution in [0.5, 0.6) is 0 Å². The summed E-state index contributed by atoms with van der Waals surface area (Å²) in [5, 5.41) is 5.61. The number of nitrogens with one attached hydrogen (secondary N) is 2. The Balaban J connectivity index is 1.53. The molecule has 8 heteroatoms. The zero-order valence-corrected chi connectivity index (χ0v) is 15.4. The lowest BCUT2D eigenvalue weighted by molar-refractivity contribution is -0.121. The van der Waals surface area contributed by atoms with Gasteiger partial charge in [-0.05, 0) is 29.5 Å². The average molecular weight is 377 g/mol. The van der Waals surface area contributed by atoms with Gasteiger partial charge in [-0.3, -0.25) is 4.79 Å². The molecule has 25 heavy (non-hydrogen) atoms. The molecule has 1 aromatic carbocycles.